The van der Waals surface area contributed by atoms with Crippen molar-refractivity contribution in [2.45, 2.75) is 23.7 Å². The molecule has 10 heteroatoms. The SMILES string of the molecule is COC(=O)c1ccccc1NC(=O)C(C)Sc1ccc(NC(=O)/C(=C/c2ccc(OCc3ccccc3)cc2)NC(=O)c2ccccc2)cc1. The van der Waals surface area contributed by atoms with Crippen molar-refractivity contribution >= 4 is 52.9 Å². The van der Waals surface area contributed by atoms with E-state index in [-0.39, 0.29) is 17.2 Å². The molecule has 0 aliphatic rings. The van der Waals surface area contributed by atoms with Gasteiger partial charge in [0.1, 0.15) is 18.1 Å². The number of ether oxygens (including phenoxy) is 2. The summed E-state index contributed by atoms with van der Waals surface area (Å²) in [4.78, 5) is 52.4. The molecule has 0 aromatic heterocycles. The van der Waals surface area contributed by atoms with Crippen LogP contribution >= 0.6 is 11.8 Å². The fourth-order valence-electron chi connectivity index (χ4n) is 4.70. The van der Waals surface area contributed by atoms with Crippen LogP contribution < -0.4 is 20.7 Å². The smallest absolute Gasteiger partial charge is 0.339 e. The molecule has 0 aliphatic heterocycles. The summed E-state index contributed by atoms with van der Waals surface area (Å²) >= 11 is 1.32. The van der Waals surface area contributed by atoms with Crippen LogP contribution in [0.25, 0.3) is 6.08 Å². The zero-order valence-corrected chi connectivity index (χ0v) is 28.2. The monoisotopic (exact) mass is 685 g/mol. The molecule has 5 rings (SSSR count). The molecule has 0 aliphatic carbocycles. The molecule has 9 nitrogen and oxygen atoms in total. The van der Waals surface area contributed by atoms with Gasteiger partial charge in [0.15, 0.2) is 0 Å². The third kappa shape index (κ3) is 9.94. The number of carbonyl (C=O) groups excluding carboxylic acids is 4. The zero-order valence-electron chi connectivity index (χ0n) is 27.4. The summed E-state index contributed by atoms with van der Waals surface area (Å²) in [6.45, 7) is 2.18. The van der Waals surface area contributed by atoms with E-state index in [0.29, 0.717) is 34.9 Å². The van der Waals surface area contributed by atoms with Crippen LogP contribution in [0.1, 0.15) is 38.8 Å². The molecule has 50 heavy (non-hydrogen) atoms. The zero-order chi connectivity index (χ0) is 35.3. The quantitative estimate of drug-likeness (QED) is 0.0664. The van der Waals surface area contributed by atoms with Crippen LogP contribution in [0.4, 0.5) is 11.4 Å². The molecule has 0 radical (unpaired) electrons. The summed E-state index contributed by atoms with van der Waals surface area (Å²) in [6, 6.07) is 39.3. The number of rotatable bonds is 13. The lowest BCUT2D eigenvalue weighted by Gasteiger charge is -2.15. The van der Waals surface area contributed by atoms with Crippen molar-refractivity contribution in [1.29, 1.82) is 0 Å². The first-order valence-electron chi connectivity index (χ1n) is 15.7. The highest BCUT2D eigenvalue weighted by Crippen LogP contribution is 2.27. The molecule has 0 spiro atoms. The first-order valence-corrected chi connectivity index (χ1v) is 16.6. The molecule has 0 saturated carbocycles. The highest BCUT2D eigenvalue weighted by Gasteiger charge is 2.19. The van der Waals surface area contributed by atoms with E-state index in [1.54, 1.807) is 116 Å². The van der Waals surface area contributed by atoms with Crippen LogP contribution in [-0.4, -0.2) is 36.1 Å². The average Bonchev–Trinajstić information content (AvgIpc) is 3.15. The largest absolute Gasteiger partial charge is 0.489 e. The van der Waals surface area contributed by atoms with Crippen molar-refractivity contribution < 1.29 is 28.7 Å². The molecular formula is C40H35N3O6S. The van der Waals surface area contributed by atoms with E-state index in [4.69, 9.17) is 9.47 Å². The minimum atomic E-state index is -0.543. The summed E-state index contributed by atoms with van der Waals surface area (Å²) in [7, 11) is 1.28. The first kappa shape index (κ1) is 35.2. The van der Waals surface area contributed by atoms with Gasteiger partial charge in [-0.15, -0.1) is 11.8 Å². The number of esters is 1. The van der Waals surface area contributed by atoms with Crippen molar-refractivity contribution in [1.82, 2.24) is 5.32 Å². The topological polar surface area (TPSA) is 123 Å². The summed E-state index contributed by atoms with van der Waals surface area (Å²) in [5, 5.41) is 7.89. The van der Waals surface area contributed by atoms with Crippen molar-refractivity contribution in [2.75, 3.05) is 17.7 Å². The number of thioether (sulfide) groups is 1. The average molecular weight is 686 g/mol. The van der Waals surface area contributed by atoms with Crippen LogP contribution in [0, 0.1) is 0 Å². The van der Waals surface area contributed by atoms with Crippen molar-refractivity contribution in [3.8, 4) is 5.75 Å². The molecular weight excluding hydrogens is 651 g/mol. The van der Waals surface area contributed by atoms with Gasteiger partial charge in [0.2, 0.25) is 5.91 Å². The molecule has 3 amide bonds. The Morgan fingerprint density at radius 2 is 1.38 bits per heavy atom. The number of benzene rings is 5. The Balaban J connectivity index is 1.24. The number of hydrogen-bond donors (Lipinski definition) is 3. The van der Waals surface area contributed by atoms with Gasteiger partial charge in [0, 0.05) is 16.1 Å². The number of nitrogens with one attached hydrogen (secondary N) is 3. The van der Waals surface area contributed by atoms with E-state index in [1.165, 1.54) is 18.9 Å². The van der Waals surface area contributed by atoms with Gasteiger partial charge < -0.3 is 25.4 Å². The number of hydrogen-bond acceptors (Lipinski definition) is 7. The maximum Gasteiger partial charge on any atom is 0.339 e. The standard InChI is InChI=1S/C40H35N3O6S/c1-27(37(44)42-35-16-10-9-15-34(35)40(47)48-2)50-33-23-19-31(20-24-33)41-39(46)36(43-38(45)30-13-7-4-8-14-30)25-28-17-21-32(22-18-28)49-26-29-11-5-3-6-12-29/h3-25,27H,26H2,1-2H3,(H,41,46)(H,42,44)(H,43,45)/b36-25-. The van der Waals surface area contributed by atoms with Crippen LogP contribution in [0.3, 0.4) is 0 Å². The normalized spacial score (nSPS) is 11.5. The van der Waals surface area contributed by atoms with Gasteiger partial charge in [-0.05, 0) is 84.8 Å². The molecule has 5 aromatic carbocycles. The Labute approximate surface area is 294 Å². The number of carbonyl (C=O) groups is 4. The van der Waals surface area contributed by atoms with Gasteiger partial charge in [-0.3, -0.25) is 14.4 Å². The molecule has 0 saturated heterocycles. The van der Waals surface area contributed by atoms with Crippen LogP contribution in [0.15, 0.2) is 144 Å². The summed E-state index contributed by atoms with van der Waals surface area (Å²) in [5.74, 6) is -1.11. The van der Waals surface area contributed by atoms with Gasteiger partial charge >= 0.3 is 5.97 Å². The second-order valence-electron chi connectivity index (χ2n) is 11.0. The third-order valence-electron chi connectivity index (χ3n) is 7.35. The van der Waals surface area contributed by atoms with Gasteiger partial charge in [-0.25, -0.2) is 4.79 Å². The van der Waals surface area contributed by atoms with Crippen molar-refractivity contribution in [3.05, 3.63) is 161 Å². The molecule has 1 atom stereocenters. The summed E-state index contributed by atoms with van der Waals surface area (Å²) in [6.07, 6.45) is 1.60. The Kier molecular flexibility index (Phi) is 12.2. The molecule has 0 heterocycles. The van der Waals surface area contributed by atoms with Gasteiger partial charge in [0.05, 0.1) is 23.6 Å². The molecule has 5 aromatic rings. The predicted molar refractivity (Wildman–Crippen MR) is 196 cm³/mol. The number of amides is 3. The van der Waals surface area contributed by atoms with E-state index < -0.39 is 23.0 Å². The van der Waals surface area contributed by atoms with E-state index in [9.17, 15) is 19.2 Å². The van der Waals surface area contributed by atoms with Gasteiger partial charge in [-0.2, -0.15) is 0 Å². The number of para-hydroxylation sites is 1. The minimum absolute atomic E-state index is 0.0489. The second-order valence-corrected chi connectivity index (χ2v) is 12.4. The van der Waals surface area contributed by atoms with Crippen LogP contribution in [0.2, 0.25) is 0 Å². The second kappa shape index (κ2) is 17.3. The van der Waals surface area contributed by atoms with Crippen molar-refractivity contribution in [3.63, 3.8) is 0 Å². The summed E-state index contributed by atoms with van der Waals surface area (Å²) in [5.41, 5.74) is 3.31. The molecule has 252 valence electrons. The van der Waals surface area contributed by atoms with E-state index in [0.717, 1.165) is 10.5 Å². The minimum Gasteiger partial charge on any atom is -0.489 e. The Bertz CT molecular complexity index is 1960. The van der Waals surface area contributed by atoms with E-state index in [2.05, 4.69) is 16.0 Å². The number of anilines is 2. The fourth-order valence-corrected chi connectivity index (χ4v) is 5.57. The molecule has 0 fully saturated rings. The maximum atomic E-state index is 13.5. The lowest BCUT2D eigenvalue weighted by Crippen LogP contribution is -2.30. The third-order valence-corrected chi connectivity index (χ3v) is 8.46. The van der Waals surface area contributed by atoms with E-state index >= 15 is 0 Å². The summed E-state index contributed by atoms with van der Waals surface area (Å²) < 4.78 is 10.7. The molecule has 3 N–H and O–H groups in total. The number of methoxy groups -OCH3 is 1. The van der Waals surface area contributed by atoms with Gasteiger partial charge in [0.25, 0.3) is 11.8 Å². The van der Waals surface area contributed by atoms with Gasteiger partial charge in [-0.1, -0.05) is 72.8 Å². The highest BCUT2D eigenvalue weighted by molar-refractivity contribution is 8.00. The van der Waals surface area contributed by atoms with Crippen LogP contribution in [-0.2, 0) is 20.9 Å². The van der Waals surface area contributed by atoms with Crippen LogP contribution in [0.5, 0.6) is 5.75 Å². The molecule has 1 unspecified atom stereocenters. The fraction of sp³-hybridized carbons (Fsp3) is 0.100. The lowest BCUT2D eigenvalue weighted by molar-refractivity contribution is -0.115. The van der Waals surface area contributed by atoms with E-state index in [1.807, 2.05) is 30.3 Å². The molecule has 0 bridgehead atoms. The Morgan fingerprint density at radius 3 is 2.06 bits per heavy atom. The maximum absolute atomic E-state index is 13.5. The lowest BCUT2D eigenvalue weighted by atomic mass is 10.1. The Morgan fingerprint density at radius 1 is 0.740 bits per heavy atom. The first-order chi connectivity index (χ1) is 24.3. The van der Waals surface area contributed by atoms with Crippen molar-refractivity contribution in [2.24, 2.45) is 0 Å². The Hall–Kier alpha value is -6.13. The highest BCUT2D eigenvalue weighted by atomic mass is 32.2. The predicted octanol–water partition coefficient (Wildman–Crippen LogP) is 7.58.